The monoisotopic (exact) mass is 311 g/mol. The molecule has 0 amide bonds. The second-order valence-corrected chi connectivity index (χ2v) is 11.8. The zero-order valence-electron chi connectivity index (χ0n) is 12.5. The molecule has 0 spiro atoms. The van der Waals surface area contributed by atoms with Crippen LogP contribution in [0.4, 0.5) is 4.48 Å². The molecule has 0 saturated carbocycles. The van der Waals surface area contributed by atoms with E-state index >= 15 is 0 Å². The number of ether oxygens (including phenoxy) is 1. The highest BCUT2D eigenvalue weighted by Gasteiger charge is 2.37. The van der Waals surface area contributed by atoms with Gasteiger partial charge in [-0.3, -0.25) is 0 Å². The third kappa shape index (κ3) is 4.69. The Morgan fingerprint density at radius 2 is 1.90 bits per heavy atom. The largest absolute Gasteiger partial charge is 0.508 e. The fourth-order valence-electron chi connectivity index (χ4n) is 1.64. The fraction of sp³-hybridized carbons (Fsp3) is 0.462. The number of quaternary nitrogens is 1. The lowest BCUT2D eigenvalue weighted by Crippen LogP contribution is -2.30. The highest BCUT2D eigenvalue weighted by atomic mass is 28.3. The molecular formula is C13H20FN4O2Si+. The molecule has 6 nitrogen and oxygen atoms in total. The van der Waals surface area contributed by atoms with Crippen LogP contribution in [0.1, 0.15) is 5.56 Å². The molecule has 1 N–H and O–H groups in total. The highest BCUT2D eigenvalue weighted by Crippen LogP contribution is 2.22. The van der Waals surface area contributed by atoms with Crippen molar-refractivity contribution in [2.75, 3.05) is 13.3 Å². The Hall–Kier alpha value is -1.64. The number of aromatic hydroxyl groups is 1. The van der Waals surface area contributed by atoms with Crippen LogP contribution >= 0.6 is 0 Å². The number of benzene rings is 1. The third-order valence-corrected chi connectivity index (χ3v) is 4.61. The number of hydrogen-bond acceptors (Lipinski definition) is 5. The summed E-state index contributed by atoms with van der Waals surface area (Å²) < 4.78 is 19.6. The van der Waals surface area contributed by atoms with E-state index in [4.69, 9.17) is 4.74 Å². The molecule has 21 heavy (non-hydrogen) atoms. The van der Waals surface area contributed by atoms with Crippen LogP contribution in [0.25, 0.3) is 0 Å². The van der Waals surface area contributed by atoms with Crippen molar-refractivity contribution >= 4 is 13.9 Å². The van der Waals surface area contributed by atoms with E-state index in [0.717, 1.165) is 6.04 Å². The van der Waals surface area contributed by atoms with Crippen molar-refractivity contribution in [3.05, 3.63) is 29.8 Å². The topological polar surface area (TPSA) is 66.5 Å². The summed E-state index contributed by atoms with van der Waals surface area (Å²) in [6.07, 6.45) is 0. The lowest BCUT2D eigenvalue weighted by molar-refractivity contribution is -1.08. The van der Waals surface area contributed by atoms with E-state index in [9.17, 15) is 9.59 Å². The Bertz CT molecular complexity index is 556. The maximum atomic E-state index is 14.3. The number of halogens is 1. The molecule has 0 saturated heterocycles. The Morgan fingerprint density at radius 3 is 2.52 bits per heavy atom. The summed E-state index contributed by atoms with van der Waals surface area (Å²) in [6, 6.07) is 7.15. The summed E-state index contributed by atoms with van der Waals surface area (Å²) in [4.78, 5) is -1.44. The SMILES string of the molecule is C[Si](C)(C)CCOC[N+]1(F)N=NC(c2ccc(O)cc2)=N1. The van der Waals surface area contributed by atoms with Crippen molar-refractivity contribution < 1.29 is 19.2 Å². The summed E-state index contributed by atoms with van der Waals surface area (Å²) >= 11 is 0. The standard InChI is InChI=1S/C13H19FN4O2Si/c1-21(2,3)9-8-20-10-18(14)16-13(15-17-18)11-4-6-12(19)7-5-11/h4-7H,8-10H2,1-3H3/p+1. The van der Waals surface area contributed by atoms with Gasteiger partial charge in [-0.25, -0.2) is 0 Å². The second kappa shape index (κ2) is 6.00. The predicted molar refractivity (Wildman–Crippen MR) is 79.8 cm³/mol. The Kier molecular flexibility index (Phi) is 4.50. The smallest absolute Gasteiger partial charge is 0.276 e. The summed E-state index contributed by atoms with van der Waals surface area (Å²) in [5, 5.41) is 20.3. The van der Waals surface area contributed by atoms with E-state index < -0.39 is 13.0 Å². The van der Waals surface area contributed by atoms with Crippen molar-refractivity contribution in [3.63, 3.8) is 0 Å². The summed E-state index contributed by atoms with van der Waals surface area (Å²) in [5.41, 5.74) is 0.594. The molecule has 1 heterocycles. The van der Waals surface area contributed by atoms with Gasteiger partial charge in [-0.2, -0.15) is 0 Å². The predicted octanol–water partition coefficient (Wildman–Crippen LogP) is 3.45. The molecule has 2 rings (SSSR count). The molecule has 0 radical (unpaired) electrons. The van der Waals surface area contributed by atoms with Crippen LogP contribution in [-0.2, 0) is 4.74 Å². The quantitative estimate of drug-likeness (QED) is 0.497. The Balaban J connectivity index is 1.93. The van der Waals surface area contributed by atoms with Gasteiger partial charge in [-0.1, -0.05) is 24.8 Å². The normalized spacial score (nSPS) is 21.6. The molecule has 0 fully saturated rings. The van der Waals surface area contributed by atoms with Gasteiger partial charge in [0.15, 0.2) is 4.92 Å². The van der Waals surface area contributed by atoms with Crippen LogP contribution in [0.15, 0.2) is 39.7 Å². The highest BCUT2D eigenvalue weighted by molar-refractivity contribution is 6.76. The number of phenolic OH excluding ortho intramolecular Hbond substituents is 1. The number of amidine groups is 1. The van der Waals surface area contributed by atoms with Gasteiger partial charge in [0.2, 0.25) is 5.84 Å². The van der Waals surface area contributed by atoms with Crippen LogP contribution in [0.2, 0.25) is 25.7 Å². The first-order valence-corrected chi connectivity index (χ1v) is 10.5. The molecule has 0 bridgehead atoms. The summed E-state index contributed by atoms with van der Waals surface area (Å²) in [5.74, 6) is 0.316. The summed E-state index contributed by atoms with van der Waals surface area (Å²) in [6.45, 7) is 6.90. The zero-order valence-corrected chi connectivity index (χ0v) is 13.5. The van der Waals surface area contributed by atoms with Crippen LogP contribution < -0.4 is 0 Å². The van der Waals surface area contributed by atoms with E-state index in [1.165, 1.54) is 12.1 Å². The average Bonchev–Trinajstić information content (AvgIpc) is 2.78. The van der Waals surface area contributed by atoms with Crippen molar-refractivity contribution in [1.82, 2.24) is 0 Å². The van der Waals surface area contributed by atoms with Gasteiger partial charge in [0, 0.05) is 18.7 Å². The molecule has 114 valence electrons. The fourth-order valence-corrected chi connectivity index (χ4v) is 2.39. The molecule has 0 aliphatic carbocycles. The van der Waals surface area contributed by atoms with Gasteiger partial charge in [0.05, 0.1) is 11.1 Å². The molecule has 1 aromatic carbocycles. The Labute approximate surface area is 124 Å². The second-order valence-electron chi connectivity index (χ2n) is 6.15. The third-order valence-electron chi connectivity index (χ3n) is 2.90. The van der Waals surface area contributed by atoms with Crippen molar-refractivity contribution in [2.24, 2.45) is 15.4 Å². The van der Waals surface area contributed by atoms with E-state index in [0.29, 0.717) is 12.2 Å². The van der Waals surface area contributed by atoms with Gasteiger partial charge in [0.1, 0.15) is 11.0 Å². The molecule has 1 aliphatic heterocycles. The van der Waals surface area contributed by atoms with Crippen LogP contribution in [-0.4, -0.2) is 37.3 Å². The maximum absolute atomic E-state index is 14.3. The first kappa shape index (κ1) is 15.7. The van der Waals surface area contributed by atoms with Gasteiger partial charge in [-0.15, -0.1) is 0 Å². The molecule has 1 unspecified atom stereocenters. The van der Waals surface area contributed by atoms with E-state index in [1.807, 2.05) is 0 Å². The van der Waals surface area contributed by atoms with Gasteiger partial charge < -0.3 is 9.84 Å². The van der Waals surface area contributed by atoms with E-state index in [-0.39, 0.29) is 18.3 Å². The first-order valence-electron chi connectivity index (χ1n) is 6.76. The molecule has 8 heteroatoms. The number of rotatable bonds is 6. The first-order chi connectivity index (χ1) is 9.77. The van der Waals surface area contributed by atoms with E-state index in [1.54, 1.807) is 12.1 Å². The number of nitrogens with zero attached hydrogens (tertiary/aromatic N) is 4. The van der Waals surface area contributed by atoms with Crippen molar-refractivity contribution in [2.45, 2.75) is 25.7 Å². The lowest BCUT2D eigenvalue weighted by Gasteiger charge is -2.15. The van der Waals surface area contributed by atoms with Gasteiger partial charge in [0.25, 0.3) is 6.73 Å². The minimum absolute atomic E-state index is 0.130. The van der Waals surface area contributed by atoms with Gasteiger partial charge in [-0.05, 0) is 30.3 Å². The zero-order chi connectivity index (χ0) is 15.5. The van der Waals surface area contributed by atoms with Crippen LogP contribution in [0.5, 0.6) is 5.75 Å². The minimum atomic E-state index is -1.44. The molecule has 1 atom stereocenters. The lowest BCUT2D eigenvalue weighted by atomic mass is 10.2. The number of hydrogen-bond donors (Lipinski definition) is 1. The van der Waals surface area contributed by atoms with Crippen molar-refractivity contribution in [3.8, 4) is 5.75 Å². The molecule has 1 aliphatic rings. The number of phenols is 1. The van der Waals surface area contributed by atoms with Crippen LogP contribution in [0, 0.1) is 0 Å². The molecule has 0 aromatic heterocycles. The van der Waals surface area contributed by atoms with Crippen molar-refractivity contribution in [1.29, 1.82) is 0 Å². The van der Waals surface area contributed by atoms with Gasteiger partial charge >= 0.3 is 0 Å². The Morgan fingerprint density at radius 1 is 1.24 bits per heavy atom. The molecular weight excluding hydrogens is 291 g/mol. The maximum Gasteiger partial charge on any atom is 0.276 e. The van der Waals surface area contributed by atoms with Crippen LogP contribution in [0.3, 0.4) is 0 Å². The summed E-state index contributed by atoms with van der Waals surface area (Å²) in [7, 11) is -1.20. The molecule has 1 aromatic rings. The minimum Gasteiger partial charge on any atom is -0.508 e. The average molecular weight is 311 g/mol. The van der Waals surface area contributed by atoms with E-state index in [2.05, 4.69) is 35.1 Å².